The lowest BCUT2D eigenvalue weighted by Crippen LogP contribution is -2.18. The number of carbonyl (C=O) groups excluding carboxylic acids is 1. The lowest BCUT2D eigenvalue weighted by molar-refractivity contribution is 0.0986. The molecule has 3 heteroatoms. The van der Waals surface area contributed by atoms with E-state index in [1.807, 2.05) is 29.0 Å². The smallest absolute Gasteiger partial charge is 0.260 e. The summed E-state index contributed by atoms with van der Waals surface area (Å²) in [6.07, 6.45) is 3.96. The Hall–Kier alpha value is -2.78. The van der Waals surface area contributed by atoms with Gasteiger partial charge < -0.3 is 4.72 Å². The molecule has 1 heterocycles. The summed E-state index contributed by atoms with van der Waals surface area (Å²) in [6, 6.07) is 18.8. The lowest BCUT2D eigenvalue weighted by Gasteiger charge is -2.16. The predicted octanol–water partition coefficient (Wildman–Crippen LogP) is 5.27. The van der Waals surface area contributed by atoms with Gasteiger partial charge >= 0.3 is 0 Å². The monoisotopic (exact) mass is 329 g/mol. The maximum atomic E-state index is 12.8. The van der Waals surface area contributed by atoms with Crippen molar-refractivity contribution in [1.29, 1.82) is 0 Å². The van der Waals surface area contributed by atoms with E-state index < -0.39 is 11.1 Å². The Bertz CT molecular complexity index is 1130. The van der Waals surface area contributed by atoms with Crippen molar-refractivity contribution in [1.82, 2.24) is 4.72 Å². The first-order valence-electron chi connectivity index (χ1n) is 7.92. The summed E-state index contributed by atoms with van der Waals surface area (Å²) in [5, 5.41) is 11.2. The highest BCUT2D eigenvalue weighted by molar-refractivity contribution is 8.21. The Labute approximate surface area is 142 Å². The van der Waals surface area contributed by atoms with Crippen molar-refractivity contribution >= 4 is 49.3 Å². The third kappa shape index (κ3) is 1.95. The number of thiol groups is 1. The molecule has 5 rings (SSSR count). The molecule has 4 aromatic carbocycles. The van der Waals surface area contributed by atoms with Crippen LogP contribution in [0, 0.1) is 0 Å². The highest BCUT2D eigenvalue weighted by Crippen LogP contribution is 2.36. The van der Waals surface area contributed by atoms with Crippen LogP contribution >= 0.6 is 11.1 Å². The third-order valence-corrected chi connectivity index (χ3v) is 6.06. The van der Waals surface area contributed by atoms with Crippen molar-refractivity contribution in [3.63, 3.8) is 0 Å². The van der Waals surface area contributed by atoms with Gasteiger partial charge in [0.2, 0.25) is 0 Å². The van der Waals surface area contributed by atoms with E-state index in [0.29, 0.717) is 0 Å². The van der Waals surface area contributed by atoms with Gasteiger partial charge in [-0.15, -0.1) is 11.1 Å². The summed E-state index contributed by atoms with van der Waals surface area (Å²) in [4.78, 5) is 12.8. The van der Waals surface area contributed by atoms with Gasteiger partial charge in [0.05, 0.1) is 0 Å². The highest BCUT2D eigenvalue weighted by atomic mass is 32.2. The summed E-state index contributed by atoms with van der Waals surface area (Å²) >= 11 is -0.673. The van der Waals surface area contributed by atoms with E-state index in [9.17, 15) is 4.79 Å². The second-order valence-corrected chi connectivity index (χ2v) is 7.63. The second kappa shape index (κ2) is 5.11. The quantitative estimate of drug-likeness (QED) is 0.381. The van der Waals surface area contributed by atoms with Crippen LogP contribution < -0.4 is 4.72 Å². The van der Waals surface area contributed by atoms with E-state index in [0.717, 1.165) is 10.9 Å². The van der Waals surface area contributed by atoms with Crippen LogP contribution in [0.3, 0.4) is 0 Å². The maximum absolute atomic E-state index is 12.8. The molecule has 0 radical (unpaired) electrons. The van der Waals surface area contributed by atoms with Crippen LogP contribution in [0.15, 0.2) is 77.6 Å². The number of carbonyl (C=O) groups is 1. The minimum Gasteiger partial charge on any atom is -0.310 e. The van der Waals surface area contributed by atoms with Crippen molar-refractivity contribution in [2.75, 3.05) is 0 Å². The van der Waals surface area contributed by atoms with E-state index in [-0.39, 0.29) is 5.91 Å². The molecule has 1 aliphatic rings. The Morgan fingerprint density at radius 3 is 2.12 bits per heavy atom. The Balaban J connectivity index is 1.76. The third-order valence-electron chi connectivity index (χ3n) is 4.61. The van der Waals surface area contributed by atoms with Crippen molar-refractivity contribution in [2.45, 2.75) is 0 Å². The van der Waals surface area contributed by atoms with Gasteiger partial charge in [0.1, 0.15) is 0 Å². The van der Waals surface area contributed by atoms with Gasteiger partial charge in [-0.05, 0) is 49.2 Å². The van der Waals surface area contributed by atoms with E-state index >= 15 is 0 Å². The molecular weight excluding hydrogens is 314 g/mol. The molecule has 0 fully saturated rings. The van der Waals surface area contributed by atoms with E-state index in [4.69, 9.17) is 0 Å². The molecule has 0 spiro atoms. The Morgan fingerprint density at radius 1 is 0.750 bits per heavy atom. The molecule has 1 amide bonds. The summed E-state index contributed by atoms with van der Waals surface area (Å²) < 4.78 is 3.12. The zero-order valence-corrected chi connectivity index (χ0v) is 13.8. The molecule has 0 aliphatic carbocycles. The highest BCUT2D eigenvalue weighted by Gasteiger charge is 2.15. The van der Waals surface area contributed by atoms with Gasteiger partial charge in [0, 0.05) is 5.56 Å². The zero-order chi connectivity index (χ0) is 16.1. The van der Waals surface area contributed by atoms with Gasteiger partial charge in [-0.1, -0.05) is 60.7 Å². The fourth-order valence-electron chi connectivity index (χ4n) is 3.52. The minimum absolute atomic E-state index is 0.00440. The number of allylic oxidation sites excluding steroid dienone is 2. The van der Waals surface area contributed by atoms with Crippen molar-refractivity contribution in [3.05, 3.63) is 83.1 Å². The molecule has 0 unspecified atom stereocenters. The SMILES string of the molecule is O=C(N[SH]1C=CC=C1)c1ccc2ccc3cccc4ccc1c2c34. The maximum Gasteiger partial charge on any atom is 0.260 e. The number of hydrogen-bond donors (Lipinski definition) is 2. The van der Waals surface area contributed by atoms with Crippen LogP contribution in [0.2, 0.25) is 0 Å². The van der Waals surface area contributed by atoms with Crippen molar-refractivity contribution < 1.29 is 4.79 Å². The predicted molar refractivity (Wildman–Crippen MR) is 105 cm³/mol. The Morgan fingerprint density at radius 2 is 1.38 bits per heavy atom. The van der Waals surface area contributed by atoms with Crippen molar-refractivity contribution in [2.24, 2.45) is 0 Å². The first-order chi connectivity index (χ1) is 11.8. The van der Waals surface area contributed by atoms with Crippen LogP contribution in [0.25, 0.3) is 32.3 Å². The van der Waals surface area contributed by atoms with E-state index in [1.165, 1.54) is 26.9 Å². The largest absolute Gasteiger partial charge is 0.310 e. The first-order valence-corrected chi connectivity index (χ1v) is 9.40. The molecule has 4 aromatic rings. The molecule has 116 valence electrons. The molecule has 1 aliphatic heterocycles. The summed E-state index contributed by atoms with van der Waals surface area (Å²) in [5.74, 6) is -0.00440. The topological polar surface area (TPSA) is 29.1 Å². The second-order valence-electron chi connectivity index (χ2n) is 6.00. The van der Waals surface area contributed by atoms with Gasteiger partial charge in [-0.25, -0.2) is 0 Å². The summed E-state index contributed by atoms with van der Waals surface area (Å²) in [6.45, 7) is 0. The normalized spacial score (nSPS) is 15.1. The zero-order valence-electron chi connectivity index (χ0n) is 12.9. The Kier molecular flexibility index (Phi) is 2.91. The van der Waals surface area contributed by atoms with Gasteiger partial charge in [0.25, 0.3) is 5.91 Å². The number of rotatable bonds is 2. The molecule has 0 atom stereocenters. The average molecular weight is 329 g/mol. The van der Waals surface area contributed by atoms with Gasteiger partial charge in [-0.3, -0.25) is 4.79 Å². The van der Waals surface area contributed by atoms with Crippen LogP contribution in [0.1, 0.15) is 10.4 Å². The number of hydrogen-bond acceptors (Lipinski definition) is 1. The molecule has 0 saturated carbocycles. The van der Waals surface area contributed by atoms with Crippen LogP contribution in [-0.4, -0.2) is 5.91 Å². The van der Waals surface area contributed by atoms with Gasteiger partial charge in [0.15, 0.2) is 0 Å². The standard InChI is InChI=1S/C21H15NOS/c23-21(22-24-12-1-2-13-24)18-11-9-16-7-6-14-4-3-5-15-8-10-17(18)20(16)19(14)15/h1-13,24H,(H,22,23). The van der Waals surface area contributed by atoms with Crippen LogP contribution in [0.4, 0.5) is 0 Å². The molecular formula is C21H15NOS. The number of nitrogens with one attached hydrogen (secondary N) is 1. The molecule has 24 heavy (non-hydrogen) atoms. The molecule has 0 saturated heterocycles. The molecule has 0 bridgehead atoms. The van der Waals surface area contributed by atoms with Crippen LogP contribution in [0.5, 0.6) is 0 Å². The lowest BCUT2D eigenvalue weighted by atomic mass is 9.92. The summed E-state index contributed by atoms with van der Waals surface area (Å²) in [7, 11) is 0. The van der Waals surface area contributed by atoms with Crippen molar-refractivity contribution in [3.8, 4) is 0 Å². The van der Waals surface area contributed by atoms with E-state index in [1.54, 1.807) is 0 Å². The molecule has 0 aromatic heterocycles. The first kappa shape index (κ1) is 13.6. The summed E-state index contributed by atoms with van der Waals surface area (Å²) in [5.41, 5.74) is 0.747. The minimum atomic E-state index is -0.673. The van der Waals surface area contributed by atoms with E-state index in [2.05, 4.69) is 53.3 Å². The van der Waals surface area contributed by atoms with Gasteiger partial charge in [-0.2, -0.15) is 0 Å². The fourth-order valence-corrected chi connectivity index (χ4v) is 4.69. The molecule has 1 N–H and O–H groups in total. The number of benzene rings is 4. The van der Waals surface area contributed by atoms with Crippen LogP contribution in [-0.2, 0) is 0 Å². The fraction of sp³-hybridized carbons (Fsp3) is 0. The average Bonchev–Trinajstić information content (AvgIpc) is 3.12. The molecule has 2 nitrogen and oxygen atoms in total. The number of amides is 1.